The molecule has 0 radical (unpaired) electrons. The minimum Gasteiger partial charge on any atom is -0.313 e. The van der Waals surface area contributed by atoms with E-state index in [0.717, 1.165) is 28.4 Å². The molecule has 2 N–H and O–H groups in total. The standard InChI is InChI=1S/C19H17F4N5O3S2/c1-27-15(30)14-11(26-33-16(14)28(2)18(27)31)6-13(29)25-17-24-12(7-32-17)9-4-3-8(5-10(9)20)19(21,22)23/h3-5,7,11,14,16,26H,6H2,1-2H3,(H,24,25,29). The number of carbonyl (C=O) groups excluding carboxylic acids is 3. The molecule has 1 aromatic carbocycles. The Hall–Kier alpha value is -2.71. The topological polar surface area (TPSA) is 94.6 Å². The van der Waals surface area contributed by atoms with Gasteiger partial charge in [0.1, 0.15) is 11.2 Å². The minimum absolute atomic E-state index is 0.0837. The van der Waals surface area contributed by atoms with Gasteiger partial charge in [-0.15, -0.1) is 11.3 Å². The Labute approximate surface area is 193 Å². The fourth-order valence-corrected chi connectivity index (χ4v) is 5.64. The highest BCUT2D eigenvalue weighted by Crippen LogP contribution is 2.38. The second kappa shape index (κ2) is 8.57. The van der Waals surface area contributed by atoms with E-state index in [9.17, 15) is 31.9 Å². The van der Waals surface area contributed by atoms with Crippen molar-refractivity contribution in [3.63, 3.8) is 0 Å². The van der Waals surface area contributed by atoms with Crippen molar-refractivity contribution in [3.8, 4) is 11.3 Å². The number of imide groups is 1. The van der Waals surface area contributed by atoms with Crippen molar-refractivity contribution in [2.75, 3.05) is 19.4 Å². The van der Waals surface area contributed by atoms with Crippen LogP contribution in [0.5, 0.6) is 0 Å². The number of nitrogens with one attached hydrogen (secondary N) is 2. The lowest BCUT2D eigenvalue weighted by atomic mass is 9.93. The van der Waals surface area contributed by atoms with Crippen LogP contribution in [0.25, 0.3) is 11.3 Å². The maximum Gasteiger partial charge on any atom is 0.416 e. The summed E-state index contributed by atoms with van der Waals surface area (Å²) in [5.74, 6) is -2.53. The molecular formula is C19H17F4N5O3S2. The molecule has 3 atom stereocenters. The van der Waals surface area contributed by atoms with Crippen LogP contribution in [-0.2, 0) is 15.8 Å². The number of amides is 4. The van der Waals surface area contributed by atoms with Crippen LogP contribution in [0.1, 0.15) is 12.0 Å². The van der Waals surface area contributed by atoms with Crippen LogP contribution < -0.4 is 10.0 Å². The first-order chi connectivity index (χ1) is 15.5. The summed E-state index contributed by atoms with van der Waals surface area (Å²) in [5, 5.41) is 3.68. The first-order valence-electron chi connectivity index (χ1n) is 9.55. The van der Waals surface area contributed by atoms with Crippen LogP contribution in [0.15, 0.2) is 23.6 Å². The van der Waals surface area contributed by atoms with Gasteiger partial charge in [-0.05, 0) is 18.2 Å². The molecule has 4 rings (SSSR count). The molecule has 0 bridgehead atoms. The number of benzene rings is 1. The monoisotopic (exact) mass is 503 g/mol. The third-order valence-corrected chi connectivity index (χ3v) is 7.44. The Morgan fingerprint density at radius 1 is 1.27 bits per heavy atom. The number of hydrogen-bond donors (Lipinski definition) is 2. The molecule has 2 aliphatic rings. The lowest BCUT2D eigenvalue weighted by molar-refractivity contribution is -0.138. The number of thiazole rings is 1. The normalized spacial score (nSPS) is 23.2. The van der Waals surface area contributed by atoms with Crippen LogP contribution in [0.3, 0.4) is 0 Å². The van der Waals surface area contributed by atoms with Crippen LogP contribution >= 0.6 is 23.3 Å². The van der Waals surface area contributed by atoms with E-state index in [0.29, 0.717) is 6.07 Å². The predicted molar refractivity (Wildman–Crippen MR) is 113 cm³/mol. The van der Waals surface area contributed by atoms with Crippen molar-refractivity contribution in [2.24, 2.45) is 5.92 Å². The SMILES string of the molecule is CN1C(=O)C2C(CC(=O)Nc3nc(-c4ccc(C(F)(F)F)cc4F)cs3)NSC2N(C)C1=O. The van der Waals surface area contributed by atoms with Crippen molar-refractivity contribution in [2.45, 2.75) is 24.0 Å². The molecule has 3 heterocycles. The molecule has 2 aliphatic heterocycles. The Bertz CT molecular complexity index is 1130. The summed E-state index contributed by atoms with van der Waals surface area (Å²) >= 11 is 2.19. The van der Waals surface area contributed by atoms with Crippen molar-refractivity contribution in [1.82, 2.24) is 19.5 Å². The lowest BCUT2D eigenvalue weighted by Crippen LogP contribution is -2.58. The van der Waals surface area contributed by atoms with Crippen LogP contribution in [0, 0.1) is 11.7 Å². The van der Waals surface area contributed by atoms with Gasteiger partial charge in [0.05, 0.1) is 17.2 Å². The Kier molecular flexibility index (Phi) is 6.09. The van der Waals surface area contributed by atoms with E-state index >= 15 is 0 Å². The number of anilines is 1. The molecule has 2 aromatic rings. The first-order valence-corrected chi connectivity index (χ1v) is 11.3. The molecule has 0 spiro atoms. The van der Waals surface area contributed by atoms with Crippen LogP contribution in [0.2, 0.25) is 0 Å². The van der Waals surface area contributed by atoms with Gasteiger partial charge in [-0.25, -0.2) is 14.2 Å². The molecule has 2 saturated heterocycles. The van der Waals surface area contributed by atoms with Crippen LogP contribution in [0.4, 0.5) is 27.5 Å². The molecule has 0 saturated carbocycles. The molecule has 4 amide bonds. The van der Waals surface area contributed by atoms with E-state index in [1.165, 1.54) is 29.3 Å². The highest BCUT2D eigenvalue weighted by molar-refractivity contribution is 7.98. The average molecular weight is 504 g/mol. The summed E-state index contributed by atoms with van der Waals surface area (Å²) in [6, 6.07) is 1.19. The first kappa shape index (κ1) is 23.4. The van der Waals surface area contributed by atoms with Crippen molar-refractivity contribution in [3.05, 3.63) is 35.0 Å². The average Bonchev–Trinajstić information content (AvgIpc) is 3.37. The van der Waals surface area contributed by atoms with E-state index in [4.69, 9.17) is 0 Å². The van der Waals surface area contributed by atoms with Gasteiger partial charge in [0.15, 0.2) is 5.13 Å². The van der Waals surface area contributed by atoms with Crippen LogP contribution in [-0.4, -0.2) is 58.1 Å². The summed E-state index contributed by atoms with van der Waals surface area (Å²) in [5.41, 5.74) is -1.15. The third kappa shape index (κ3) is 4.42. The summed E-state index contributed by atoms with van der Waals surface area (Å²) in [6.45, 7) is 0. The summed E-state index contributed by atoms with van der Waals surface area (Å²) in [6.07, 6.45) is -4.75. The Morgan fingerprint density at radius 2 is 2.00 bits per heavy atom. The number of rotatable bonds is 4. The number of nitrogens with zero attached hydrogens (tertiary/aromatic N) is 3. The quantitative estimate of drug-likeness (QED) is 0.491. The van der Waals surface area contributed by atoms with Gasteiger partial charge in [0, 0.05) is 37.5 Å². The highest BCUT2D eigenvalue weighted by Gasteiger charge is 2.51. The van der Waals surface area contributed by atoms with Gasteiger partial charge in [0.25, 0.3) is 0 Å². The predicted octanol–water partition coefficient (Wildman–Crippen LogP) is 3.38. The van der Waals surface area contributed by atoms with E-state index in [-0.39, 0.29) is 28.7 Å². The number of halogens is 4. The van der Waals surface area contributed by atoms with Gasteiger partial charge in [-0.2, -0.15) is 13.2 Å². The largest absolute Gasteiger partial charge is 0.416 e. The van der Waals surface area contributed by atoms with Gasteiger partial charge in [0.2, 0.25) is 11.8 Å². The summed E-state index contributed by atoms with van der Waals surface area (Å²) < 4.78 is 55.4. The lowest BCUT2D eigenvalue weighted by Gasteiger charge is -2.38. The Morgan fingerprint density at radius 3 is 2.67 bits per heavy atom. The molecule has 176 valence electrons. The smallest absolute Gasteiger partial charge is 0.313 e. The fraction of sp³-hybridized carbons (Fsp3) is 0.368. The number of hydrogen-bond acceptors (Lipinski definition) is 7. The molecule has 14 heteroatoms. The number of urea groups is 1. The van der Waals surface area contributed by atoms with Gasteiger partial charge in [-0.1, -0.05) is 11.9 Å². The minimum atomic E-state index is -4.66. The molecule has 3 unspecified atom stereocenters. The zero-order valence-corrected chi connectivity index (χ0v) is 18.8. The highest BCUT2D eigenvalue weighted by atomic mass is 32.2. The second-order valence-electron chi connectivity index (χ2n) is 7.53. The molecule has 33 heavy (non-hydrogen) atoms. The van der Waals surface area contributed by atoms with Crippen molar-refractivity contribution < 1.29 is 31.9 Å². The van der Waals surface area contributed by atoms with E-state index < -0.39 is 46.8 Å². The van der Waals surface area contributed by atoms with Crippen molar-refractivity contribution in [1.29, 1.82) is 0 Å². The van der Waals surface area contributed by atoms with Gasteiger partial charge >= 0.3 is 12.2 Å². The number of carbonyl (C=O) groups is 3. The van der Waals surface area contributed by atoms with E-state index in [1.54, 1.807) is 7.05 Å². The third-order valence-electron chi connectivity index (χ3n) is 5.40. The summed E-state index contributed by atoms with van der Waals surface area (Å²) in [7, 11) is 2.96. The number of alkyl halides is 3. The molecule has 2 fully saturated rings. The number of aromatic nitrogens is 1. The van der Waals surface area contributed by atoms with Crippen molar-refractivity contribution >= 4 is 46.3 Å². The van der Waals surface area contributed by atoms with Gasteiger partial charge < -0.3 is 10.2 Å². The maximum absolute atomic E-state index is 14.2. The number of fused-ring (bicyclic) bond motifs is 1. The van der Waals surface area contributed by atoms with Gasteiger partial charge in [-0.3, -0.25) is 19.2 Å². The molecule has 8 nitrogen and oxygen atoms in total. The van der Waals surface area contributed by atoms with E-state index in [1.807, 2.05) is 0 Å². The summed E-state index contributed by atoms with van der Waals surface area (Å²) in [4.78, 5) is 43.7. The molecular weight excluding hydrogens is 486 g/mol. The van der Waals surface area contributed by atoms with E-state index in [2.05, 4.69) is 15.0 Å². The zero-order valence-electron chi connectivity index (χ0n) is 17.1. The Balaban J connectivity index is 1.43. The zero-order chi connectivity index (χ0) is 24.1. The molecule has 1 aromatic heterocycles. The second-order valence-corrected chi connectivity index (χ2v) is 9.34. The maximum atomic E-state index is 14.2. The molecule has 0 aliphatic carbocycles. The fourth-order valence-electron chi connectivity index (χ4n) is 3.67.